The highest BCUT2D eigenvalue weighted by Gasteiger charge is 2.39. The number of esters is 2. The molecule has 382 valence electrons. The number of aryl methyl sites for hydroxylation is 4. The lowest BCUT2D eigenvalue weighted by Gasteiger charge is -2.12. The summed E-state index contributed by atoms with van der Waals surface area (Å²) in [6.07, 6.45) is -1.70. The molecule has 0 spiro atoms. The van der Waals surface area contributed by atoms with E-state index in [1.54, 1.807) is 36.5 Å². The Balaban J connectivity index is 0.000000247. The number of carbonyl (C=O) groups is 2. The van der Waals surface area contributed by atoms with Gasteiger partial charge in [0, 0.05) is 58.4 Å². The molecule has 0 radical (unpaired) electrons. The van der Waals surface area contributed by atoms with Crippen molar-refractivity contribution in [3.05, 3.63) is 118 Å². The smallest absolute Gasteiger partial charge is 0.437 e. The van der Waals surface area contributed by atoms with Crippen molar-refractivity contribution in [3.63, 3.8) is 0 Å². The first kappa shape index (κ1) is 55.8. The van der Waals surface area contributed by atoms with Crippen molar-refractivity contribution in [2.45, 2.75) is 85.2 Å². The summed E-state index contributed by atoms with van der Waals surface area (Å²) in [5, 5.41) is 8.75. The largest absolute Gasteiger partial charge is 0.493 e. The highest BCUT2D eigenvalue weighted by Crippen LogP contribution is 2.40. The molecule has 21 heteroatoms. The minimum Gasteiger partial charge on any atom is -0.493 e. The van der Waals surface area contributed by atoms with Crippen molar-refractivity contribution in [1.82, 2.24) is 19.4 Å². The van der Waals surface area contributed by atoms with Gasteiger partial charge in [-0.15, -0.1) is 23.2 Å². The number of hydrogen-bond donors (Lipinski definition) is 0. The van der Waals surface area contributed by atoms with Gasteiger partial charge in [0.2, 0.25) is 0 Å². The molecular formula is C50H51Cl3F6N4O8. The number of benzene rings is 4. The molecule has 0 atom stereocenters. The van der Waals surface area contributed by atoms with Gasteiger partial charge < -0.3 is 37.1 Å². The van der Waals surface area contributed by atoms with Crippen molar-refractivity contribution < 1.29 is 63.9 Å². The predicted molar refractivity (Wildman–Crippen MR) is 261 cm³/mol. The Bertz CT molecular complexity index is 3070. The van der Waals surface area contributed by atoms with E-state index in [1.165, 1.54) is 32.4 Å². The van der Waals surface area contributed by atoms with Crippen molar-refractivity contribution in [2.75, 3.05) is 32.8 Å². The van der Waals surface area contributed by atoms with Crippen LogP contribution in [0.3, 0.4) is 0 Å². The molecule has 0 aliphatic heterocycles. The van der Waals surface area contributed by atoms with E-state index < -0.39 is 29.7 Å². The fourth-order valence-corrected chi connectivity index (χ4v) is 8.16. The first-order chi connectivity index (χ1) is 33.5. The summed E-state index contributed by atoms with van der Waals surface area (Å²) < 4.78 is 115. The second-order valence-electron chi connectivity index (χ2n) is 15.6. The number of nitrogens with zero attached hydrogens (tertiary/aromatic N) is 4. The maximum Gasteiger partial charge on any atom is 0.437 e. The van der Waals surface area contributed by atoms with Crippen LogP contribution in [-0.2, 0) is 47.8 Å². The lowest BCUT2D eigenvalue weighted by molar-refractivity contribution is -0.142. The van der Waals surface area contributed by atoms with E-state index in [0.29, 0.717) is 97.2 Å². The van der Waals surface area contributed by atoms with E-state index in [-0.39, 0.29) is 40.7 Å². The molecule has 0 fully saturated rings. The minimum atomic E-state index is -4.59. The average Bonchev–Trinajstić information content (AvgIpc) is 4.14. The van der Waals surface area contributed by atoms with Gasteiger partial charge in [0.25, 0.3) is 0 Å². The second kappa shape index (κ2) is 24.8. The van der Waals surface area contributed by atoms with Gasteiger partial charge in [-0.3, -0.25) is 0 Å². The van der Waals surface area contributed by atoms with Crippen molar-refractivity contribution in [2.24, 2.45) is 0 Å². The van der Waals surface area contributed by atoms with E-state index >= 15 is 0 Å². The molecule has 0 aliphatic rings. The van der Waals surface area contributed by atoms with Gasteiger partial charge in [-0.2, -0.15) is 26.3 Å². The second-order valence-corrected chi connectivity index (χ2v) is 16.8. The van der Waals surface area contributed by atoms with E-state index in [1.807, 2.05) is 42.8 Å². The standard InChI is InChI=1S/C24H22ClF3N2O4.C24H23F3N2O4.CH2Cl2.CH4/c1-3-5-15-20(9-7-16-21(15)34-29-22(16)24(26,27)28)33-11-4-10-30-13-18(25)17-12-14(23(31)32-2)6-8-19(17)30;1-3-5-17-20(9-7-18-21(17)33-28-22(18)24(25,26)27)32-13-4-11-29-12-10-15-14-16(23(30)31-2)6-8-19(15)29;2-1-3;/h6-9,12-13H,3-5,10-11H2,1-2H3;6-10,12,14H,3-5,11,13H2,1-2H3;1H2;1H4. The molecule has 4 aromatic carbocycles. The van der Waals surface area contributed by atoms with Crippen LogP contribution >= 0.6 is 34.8 Å². The molecule has 0 aliphatic carbocycles. The monoisotopic (exact) mass is 1050 g/mol. The molecule has 71 heavy (non-hydrogen) atoms. The first-order valence-electron chi connectivity index (χ1n) is 21.9. The Morgan fingerprint density at radius 1 is 0.648 bits per heavy atom. The third-order valence-electron chi connectivity index (χ3n) is 11.0. The van der Waals surface area contributed by atoms with Crippen molar-refractivity contribution in [3.8, 4) is 11.5 Å². The topological polar surface area (TPSA) is 133 Å². The third-order valence-corrected chi connectivity index (χ3v) is 11.3. The number of methoxy groups -OCH3 is 2. The van der Waals surface area contributed by atoms with E-state index in [9.17, 15) is 35.9 Å². The molecule has 0 saturated carbocycles. The molecule has 8 aromatic rings. The van der Waals surface area contributed by atoms with Gasteiger partial charge in [-0.1, -0.05) is 56.0 Å². The third kappa shape index (κ3) is 13.1. The molecule has 0 N–H and O–H groups in total. The molecule has 8 rings (SSSR count). The predicted octanol–water partition coefficient (Wildman–Crippen LogP) is 14.7. The number of fused-ring (bicyclic) bond motifs is 4. The summed E-state index contributed by atoms with van der Waals surface area (Å²) >= 11 is 15.9. The number of carbonyl (C=O) groups excluding carboxylic acids is 2. The Morgan fingerprint density at radius 3 is 1.58 bits per heavy atom. The van der Waals surface area contributed by atoms with Gasteiger partial charge in [0.1, 0.15) is 11.5 Å². The molecule has 4 aromatic heterocycles. The van der Waals surface area contributed by atoms with Crippen LogP contribution in [0.5, 0.6) is 11.5 Å². The number of halogens is 9. The number of ether oxygens (including phenoxy) is 4. The SMILES string of the molecule is C.CCCc1c(OCCCn2cc(Cl)c3cc(C(=O)OC)ccc32)ccc2c(C(F)(F)F)noc12.CCCc1c(OCCCn2ccc3cc(C(=O)OC)ccc32)ccc2c(C(F)(F)F)noc12.ClCCl. The zero-order valence-corrected chi connectivity index (χ0v) is 40.5. The summed E-state index contributed by atoms with van der Waals surface area (Å²) in [7, 11) is 2.67. The van der Waals surface area contributed by atoms with Crippen LogP contribution in [0.15, 0.2) is 88.2 Å². The maximum atomic E-state index is 13.2. The number of alkyl halides is 8. The average molecular weight is 1060 g/mol. The Kier molecular flexibility index (Phi) is 19.5. The Labute approximate surface area is 419 Å². The summed E-state index contributed by atoms with van der Waals surface area (Å²) in [6.45, 7) is 5.84. The highest BCUT2D eigenvalue weighted by atomic mass is 35.5. The zero-order valence-electron chi connectivity index (χ0n) is 38.2. The van der Waals surface area contributed by atoms with E-state index in [4.69, 9.17) is 62.8 Å². The van der Waals surface area contributed by atoms with Crippen molar-refractivity contribution >= 4 is 90.5 Å². The Morgan fingerprint density at radius 2 is 1.11 bits per heavy atom. The number of rotatable bonds is 16. The van der Waals surface area contributed by atoms with Crippen LogP contribution in [0, 0.1) is 0 Å². The molecular weight excluding hydrogens is 1000 g/mol. The Hall–Kier alpha value is -6.11. The zero-order chi connectivity index (χ0) is 50.8. The molecule has 12 nitrogen and oxygen atoms in total. The van der Waals surface area contributed by atoms with Crippen LogP contribution in [-0.4, -0.2) is 64.2 Å². The number of hydrogen-bond acceptors (Lipinski definition) is 10. The normalized spacial score (nSPS) is 11.5. The molecule has 0 bridgehead atoms. The summed E-state index contributed by atoms with van der Waals surface area (Å²) in [6, 6.07) is 18.3. The van der Waals surface area contributed by atoms with Crippen LogP contribution in [0.2, 0.25) is 5.02 Å². The molecule has 0 unspecified atom stereocenters. The van der Waals surface area contributed by atoms with Crippen LogP contribution < -0.4 is 9.47 Å². The van der Waals surface area contributed by atoms with Crippen LogP contribution in [0.4, 0.5) is 26.3 Å². The van der Waals surface area contributed by atoms with Gasteiger partial charge >= 0.3 is 24.3 Å². The van der Waals surface area contributed by atoms with Gasteiger partial charge in [-0.05, 0) is 92.4 Å². The molecule has 4 heterocycles. The highest BCUT2D eigenvalue weighted by molar-refractivity contribution is 6.40. The van der Waals surface area contributed by atoms with Gasteiger partial charge in [-0.25, -0.2) is 9.59 Å². The van der Waals surface area contributed by atoms with Crippen LogP contribution in [0.1, 0.15) is 90.2 Å². The van der Waals surface area contributed by atoms with E-state index in [0.717, 1.165) is 28.2 Å². The summed E-state index contributed by atoms with van der Waals surface area (Å²) in [4.78, 5) is 23.5. The maximum absolute atomic E-state index is 13.2. The summed E-state index contributed by atoms with van der Waals surface area (Å²) in [5.41, 5.74) is 2.12. The van der Waals surface area contributed by atoms with Crippen LogP contribution in [0.25, 0.3) is 43.7 Å². The minimum absolute atomic E-state index is 0. The molecule has 0 saturated heterocycles. The van der Waals surface area contributed by atoms with Crippen molar-refractivity contribution in [1.29, 1.82) is 0 Å². The summed E-state index contributed by atoms with van der Waals surface area (Å²) in [5.74, 6) is 0.173. The van der Waals surface area contributed by atoms with Gasteiger partial charge in [0.15, 0.2) is 22.6 Å². The first-order valence-corrected chi connectivity index (χ1v) is 23.3. The fourth-order valence-electron chi connectivity index (χ4n) is 7.89. The van der Waals surface area contributed by atoms with Gasteiger partial charge in [0.05, 0.1) is 59.7 Å². The molecule has 0 amide bonds. The van der Waals surface area contributed by atoms with E-state index in [2.05, 4.69) is 14.9 Å². The lowest BCUT2D eigenvalue weighted by Crippen LogP contribution is -2.07. The quantitative estimate of drug-likeness (QED) is 0.0398. The lowest BCUT2D eigenvalue weighted by atomic mass is 10.0. The fraction of sp³-hybridized carbons (Fsp3) is 0.360. The number of aromatic nitrogens is 4.